The van der Waals surface area contributed by atoms with Crippen molar-refractivity contribution in [2.24, 2.45) is 0 Å². The molecule has 8 nitrogen and oxygen atoms in total. The molecule has 0 amide bonds. The van der Waals surface area contributed by atoms with Crippen LogP contribution in [0.4, 0.5) is 5.69 Å². The van der Waals surface area contributed by atoms with Crippen molar-refractivity contribution < 1.29 is 26.7 Å². The molecule has 10 heteroatoms. The maximum Gasteiger partial charge on any atom is 0.354 e. The Bertz CT molecular complexity index is 741. The maximum absolute atomic E-state index is 12.0. The maximum atomic E-state index is 12.0. The van der Waals surface area contributed by atoms with Crippen LogP contribution in [-0.2, 0) is 19.9 Å². The van der Waals surface area contributed by atoms with E-state index in [1.165, 1.54) is 6.07 Å². The van der Waals surface area contributed by atoms with Gasteiger partial charge < -0.3 is 5.11 Å². The topological polar surface area (TPSA) is 130 Å². The zero-order chi connectivity index (χ0) is 15.0. The smallest absolute Gasteiger partial charge is 0.354 e. The van der Waals surface area contributed by atoms with Crippen molar-refractivity contribution in [2.45, 2.75) is 11.7 Å². The molecule has 0 aromatic carbocycles. The van der Waals surface area contributed by atoms with Crippen LogP contribution in [0.25, 0.3) is 0 Å². The molecule has 1 fully saturated rings. The fraction of sp³-hybridized carbons (Fsp3) is 0.400. The van der Waals surface area contributed by atoms with Gasteiger partial charge >= 0.3 is 5.97 Å². The lowest BCUT2D eigenvalue weighted by molar-refractivity contribution is 0.0690. The Morgan fingerprint density at radius 1 is 1.45 bits per heavy atom. The predicted molar refractivity (Wildman–Crippen MR) is 70.8 cm³/mol. The number of sulfone groups is 1. The van der Waals surface area contributed by atoms with E-state index in [0.29, 0.717) is 0 Å². The number of pyridine rings is 1. The molecule has 1 aromatic heterocycles. The second-order valence-corrected chi connectivity index (χ2v) is 8.60. The van der Waals surface area contributed by atoms with Crippen molar-refractivity contribution in [3.05, 3.63) is 24.0 Å². The molecular weight excluding hydrogens is 308 g/mol. The van der Waals surface area contributed by atoms with Gasteiger partial charge in [-0.25, -0.2) is 26.6 Å². The van der Waals surface area contributed by atoms with Gasteiger partial charge in [0.1, 0.15) is 5.69 Å². The summed E-state index contributed by atoms with van der Waals surface area (Å²) in [5.74, 6) is -1.86. The van der Waals surface area contributed by atoms with Crippen LogP contribution < -0.4 is 4.72 Å². The van der Waals surface area contributed by atoms with E-state index in [9.17, 15) is 21.6 Å². The molecule has 1 aliphatic rings. The van der Waals surface area contributed by atoms with Crippen molar-refractivity contribution in [1.29, 1.82) is 0 Å². The van der Waals surface area contributed by atoms with Gasteiger partial charge in [0, 0.05) is 6.20 Å². The highest BCUT2D eigenvalue weighted by atomic mass is 32.2. The summed E-state index contributed by atoms with van der Waals surface area (Å²) in [7, 11) is -7.19. The highest BCUT2D eigenvalue weighted by Gasteiger charge is 2.37. The Balaban J connectivity index is 2.21. The zero-order valence-electron chi connectivity index (χ0n) is 10.2. The van der Waals surface area contributed by atoms with Crippen molar-refractivity contribution in [3.8, 4) is 0 Å². The first-order valence-electron chi connectivity index (χ1n) is 5.61. The number of sulfonamides is 1. The van der Waals surface area contributed by atoms with E-state index in [1.54, 1.807) is 0 Å². The van der Waals surface area contributed by atoms with Crippen LogP contribution in [0.3, 0.4) is 0 Å². The molecule has 20 heavy (non-hydrogen) atoms. The number of nitrogens with one attached hydrogen (secondary N) is 1. The van der Waals surface area contributed by atoms with Gasteiger partial charge in [0.15, 0.2) is 9.84 Å². The molecule has 2 rings (SSSR count). The Kier molecular flexibility index (Phi) is 3.69. The highest BCUT2D eigenvalue weighted by molar-refractivity contribution is 7.97. The second-order valence-electron chi connectivity index (χ2n) is 4.41. The Hall–Kier alpha value is -1.68. The largest absolute Gasteiger partial charge is 0.477 e. The number of hydrogen-bond acceptors (Lipinski definition) is 6. The molecule has 2 N–H and O–H groups in total. The third-order valence-electron chi connectivity index (χ3n) is 2.87. The van der Waals surface area contributed by atoms with Crippen LogP contribution in [0.1, 0.15) is 16.9 Å². The van der Waals surface area contributed by atoms with Crippen molar-refractivity contribution in [2.75, 3.05) is 16.2 Å². The number of carbonyl (C=O) groups is 1. The molecule has 0 bridgehead atoms. The molecule has 1 saturated heterocycles. The minimum absolute atomic E-state index is 0.0362. The molecule has 110 valence electrons. The predicted octanol–water partition coefficient (Wildman–Crippen LogP) is -0.291. The number of aromatic nitrogens is 1. The fourth-order valence-electron chi connectivity index (χ4n) is 1.86. The van der Waals surface area contributed by atoms with E-state index >= 15 is 0 Å². The molecule has 1 aliphatic heterocycles. The number of carboxylic acids is 1. The molecule has 0 radical (unpaired) electrons. The molecule has 2 heterocycles. The lowest BCUT2D eigenvalue weighted by Crippen LogP contribution is -2.28. The Morgan fingerprint density at radius 2 is 2.15 bits per heavy atom. The third kappa shape index (κ3) is 3.25. The summed E-state index contributed by atoms with van der Waals surface area (Å²) in [6.45, 7) is 0. The third-order valence-corrected chi connectivity index (χ3v) is 6.65. The lowest BCUT2D eigenvalue weighted by atomic mass is 10.3. The number of aromatic carboxylic acids is 1. The van der Waals surface area contributed by atoms with Gasteiger partial charge in [0.2, 0.25) is 10.0 Å². The van der Waals surface area contributed by atoms with Gasteiger partial charge in [0.05, 0.1) is 22.4 Å². The first-order chi connectivity index (χ1) is 9.20. The van der Waals surface area contributed by atoms with E-state index in [-0.39, 0.29) is 23.6 Å². The minimum Gasteiger partial charge on any atom is -0.477 e. The lowest BCUT2D eigenvalue weighted by Gasteiger charge is -2.12. The summed E-state index contributed by atoms with van der Waals surface area (Å²) in [5.41, 5.74) is -0.258. The van der Waals surface area contributed by atoms with Gasteiger partial charge in [-0.15, -0.1) is 0 Å². The van der Waals surface area contributed by atoms with E-state index in [1.807, 2.05) is 0 Å². The van der Waals surface area contributed by atoms with E-state index in [4.69, 9.17) is 5.11 Å². The first kappa shape index (κ1) is 14.7. The Labute approximate surface area is 115 Å². The number of hydrogen-bond donors (Lipinski definition) is 2. The molecule has 0 spiro atoms. The monoisotopic (exact) mass is 320 g/mol. The average molecular weight is 320 g/mol. The summed E-state index contributed by atoms with van der Waals surface area (Å²) in [4.78, 5) is 14.3. The van der Waals surface area contributed by atoms with Crippen molar-refractivity contribution in [1.82, 2.24) is 4.98 Å². The van der Waals surface area contributed by atoms with Crippen LogP contribution in [0.2, 0.25) is 0 Å². The van der Waals surface area contributed by atoms with Crippen molar-refractivity contribution in [3.63, 3.8) is 0 Å². The summed E-state index contributed by atoms with van der Waals surface area (Å²) in [5, 5.41) is 7.75. The summed E-state index contributed by atoms with van der Waals surface area (Å²) < 4.78 is 48.9. The number of nitrogens with zero attached hydrogens (tertiary/aromatic N) is 1. The number of carboxylic acid groups (broad SMARTS) is 1. The molecule has 0 saturated carbocycles. The van der Waals surface area contributed by atoms with E-state index in [2.05, 4.69) is 9.71 Å². The molecular formula is C10H12N2O6S2. The highest BCUT2D eigenvalue weighted by Crippen LogP contribution is 2.21. The van der Waals surface area contributed by atoms with Crippen molar-refractivity contribution >= 4 is 31.5 Å². The van der Waals surface area contributed by atoms with Gasteiger partial charge in [-0.2, -0.15) is 0 Å². The number of rotatable bonds is 4. The van der Waals surface area contributed by atoms with Crippen LogP contribution in [0, 0.1) is 0 Å². The zero-order valence-corrected chi connectivity index (χ0v) is 11.8. The van der Waals surface area contributed by atoms with Crippen LogP contribution >= 0.6 is 0 Å². The first-order valence-corrected chi connectivity index (χ1v) is 8.98. The Morgan fingerprint density at radius 3 is 2.70 bits per heavy atom. The minimum atomic E-state index is -3.88. The van der Waals surface area contributed by atoms with E-state index < -0.39 is 36.8 Å². The molecule has 1 atom stereocenters. The van der Waals surface area contributed by atoms with Crippen LogP contribution in [0.5, 0.6) is 0 Å². The molecule has 1 unspecified atom stereocenters. The van der Waals surface area contributed by atoms with Gasteiger partial charge in [-0.1, -0.05) is 0 Å². The molecule has 0 aliphatic carbocycles. The SMILES string of the molecule is O=C(O)c1cc(NS(=O)(=O)C2CCS(=O)(=O)C2)ccn1. The summed E-state index contributed by atoms with van der Waals surface area (Å²) in [6.07, 6.45) is 1.20. The standard InChI is InChI=1S/C10H12N2O6S2/c13-10(14)9-5-7(1-3-11-9)12-20(17,18)8-2-4-19(15,16)6-8/h1,3,5,8H,2,4,6H2,(H,11,12)(H,13,14). The summed E-state index contributed by atoms with van der Waals surface area (Å²) >= 11 is 0. The van der Waals surface area contributed by atoms with E-state index in [0.717, 1.165) is 12.3 Å². The number of anilines is 1. The average Bonchev–Trinajstić information content (AvgIpc) is 2.70. The second kappa shape index (κ2) is 5.02. The van der Waals surface area contributed by atoms with Crippen LogP contribution in [0.15, 0.2) is 18.3 Å². The molecule has 1 aromatic rings. The van der Waals surface area contributed by atoms with Gasteiger partial charge in [0.25, 0.3) is 0 Å². The van der Waals surface area contributed by atoms with Crippen LogP contribution in [-0.4, -0.2) is 49.7 Å². The summed E-state index contributed by atoms with van der Waals surface area (Å²) in [6, 6.07) is 2.37. The quantitative estimate of drug-likeness (QED) is 0.779. The normalized spacial score (nSPS) is 21.5. The van der Waals surface area contributed by atoms with Gasteiger partial charge in [-0.3, -0.25) is 4.72 Å². The van der Waals surface area contributed by atoms with Gasteiger partial charge in [-0.05, 0) is 18.6 Å². The fourth-order valence-corrected chi connectivity index (χ4v) is 5.95.